The fraction of sp³-hybridized carbons (Fsp3) is 0.172. The second kappa shape index (κ2) is 10.7. The number of aromatic nitrogens is 5. The summed E-state index contributed by atoms with van der Waals surface area (Å²) in [5.41, 5.74) is 2.94. The minimum absolute atomic E-state index is 0.00250. The van der Waals surface area contributed by atoms with Crippen molar-refractivity contribution >= 4 is 17.2 Å². The van der Waals surface area contributed by atoms with Crippen molar-refractivity contribution in [1.29, 1.82) is 0 Å². The molecule has 0 spiro atoms. The third-order valence-corrected chi connectivity index (χ3v) is 6.02. The molecule has 0 atom stereocenters. The maximum Gasteiger partial charge on any atom is 0.416 e. The predicted octanol–water partition coefficient (Wildman–Crippen LogP) is 4.96. The molecule has 1 N–H and O–H groups in total. The van der Waals surface area contributed by atoms with E-state index < -0.39 is 17.6 Å². The molecule has 3 heterocycles. The molecule has 202 valence electrons. The highest BCUT2D eigenvalue weighted by Crippen LogP contribution is 2.33. The first kappa shape index (κ1) is 26.6. The van der Waals surface area contributed by atoms with Crippen LogP contribution in [0.5, 0.6) is 0 Å². The molecule has 0 unspecified atom stereocenters. The summed E-state index contributed by atoms with van der Waals surface area (Å²) in [6, 6.07) is 11.9. The Morgan fingerprint density at radius 1 is 1.07 bits per heavy atom. The maximum absolute atomic E-state index is 13.7. The van der Waals surface area contributed by atoms with Crippen LogP contribution in [-0.2, 0) is 12.7 Å². The molecule has 0 saturated carbocycles. The number of carbonyl (C=O) groups excluding carboxylic acids is 1. The Morgan fingerprint density at radius 2 is 1.90 bits per heavy atom. The van der Waals surface area contributed by atoms with Crippen LogP contribution in [0.15, 0.2) is 73.4 Å². The zero-order valence-corrected chi connectivity index (χ0v) is 21.9. The topological polar surface area (TPSA) is 80.3 Å². The van der Waals surface area contributed by atoms with Crippen molar-refractivity contribution in [2.75, 3.05) is 19.4 Å². The highest BCUT2D eigenvalue weighted by molar-refractivity contribution is 6.04. The molecule has 2 aromatic carbocycles. The number of benzene rings is 2. The summed E-state index contributed by atoms with van der Waals surface area (Å²) < 4.78 is 44.3. The Balaban J connectivity index is 1.43. The number of aryl methyl sites for hydroxylation is 1. The fourth-order valence-electron chi connectivity index (χ4n) is 4.05. The van der Waals surface area contributed by atoms with Gasteiger partial charge in [-0.25, -0.2) is 14.5 Å². The van der Waals surface area contributed by atoms with E-state index in [1.807, 2.05) is 32.0 Å². The first-order valence-corrected chi connectivity index (χ1v) is 12.2. The quantitative estimate of drug-likeness (QED) is 0.317. The Kier molecular flexibility index (Phi) is 7.11. The highest BCUT2D eigenvalue weighted by atomic mass is 19.4. The van der Waals surface area contributed by atoms with Gasteiger partial charge in [0.05, 0.1) is 23.8 Å². The number of alkyl halides is 3. The molecule has 0 radical (unpaired) electrons. The normalized spacial score (nSPS) is 11.5. The van der Waals surface area contributed by atoms with Gasteiger partial charge in [0, 0.05) is 41.4 Å². The van der Waals surface area contributed by atoms with E-state index >= 15 is 0 Å². The molecule has 0 aliphatic carbocycles. The number of hydrogen-bond acceptors (Lipinski definition) is 5. The lowest BCUT2D eigenvalue weighted by molar-refractivity contribution is -0.137. The van der Waals surface area contributed by atoms with Gasteiger partial charge in [0.1, 0.15) is 5.69 Å². The number of anilines is 1. The number of halogens is 3. The third kappa shape index (κ3) is 5.87. The lowest BCUT2D eigenvalue weighted by Crippen LogP contribution is -2.14. The van der Waals surface area contributed by atoms with E-state index in [-0.39, 0.29) is 16.9 Å². The van der Waals surface area contributed by atoms with Gasteiger partial charge < -0.3 is 14.8 Å². The molecule has 8 nitrogen and oxygen atoms in total. The van der Waals surface area contributed by atoms with Crippen LogP contribution in [-0.4, -0.2) is 49.1 Å². The summed E-state index contributed by atoms with van der Waals surface area (Å²) in [5.74, 6) is 5.51. The number of fused-ring (bicyclic) bond motifs is 1. The fourth-order valence-corrected chi connectivity index (χ4v) is 4.05. The van der Waals surface area contributed by atoms with Crippen LogP contribution in [0.3, 0.4) is 0 Å². The van der Waals surface area contributed by atoms with Crippen LogP contribution in [0.1, 0.15) is 38.4 Å². The minimum Gasteiger partial charge on any atom is -0.322 e. The summed E-state index contributed by atoms with van der Waals surface area (Å²) in [4.78, 5) is 23.6. The number of imidazole rings is 2. The monoisotopic (exact) mass is 543 g/mol. The predicted molar refractivity (Wildman–Crippen MR) is 144 cm³/mol. The van der Waals surface area contributed by atoms with Crippen LogP contribution in [0.2, 0.25) is 0 Å². The number of rotatable bonds is 5. The van der Waals surface area contributed by atoms with Crippen LogP contribution >= 0.6 is 0 Å². The summed E-state index contributed by atoms with van der Waals surface area (Å²) in [7, 11) is 3.74. The van der Waals surface area contributed by atoms with Crippen LogP contribution in [0, 0.1) is 18.8 Å². The zero-order chi connectivity index (χ0) is 28.4. The zero-order valence-electron chi connectivity index (χ0n) is 21.9. The van der Waals surface area contributed by atoms with Crippen molar-refractivity contribution in [3.8, 4) is 17.5 Å². The van der Waals surface area contributed by atoms with E-state index in [9.17, 15) is 18.0 Å². The summed E-state index contributed by atoms with van der Waals surface area (Å²) in [6.45, 7) is 2.38. The molecule has 0 aliphatic rings. The van der Waals surface area contributed by atoms with Crippen LogP contribution in [0.4, 0.5) is 18.9 Å². The van der Waals surface area contributed by atoms with E-state index in [1.165, 1.54) is 17.0 Å². The number of amides is 1. The van der Waals surface area contributed by atoms with Crippen molar-refractivity contribution in [2.45, 2.75) is 19.6 Å². The number of nitrogens with one attached hydrogen (secondary N) is 1. The second-order valence-corrected chi connectivity index (χ2v) is 9.45. The Hall–Kier alpha value is -4.95. The van der Waals surface area contributed by atoms with Gasteiger partial charge in [0.2, 0.25) is 0 Å². The molecule has 1 amide bonds. The molecule has 40 heavy (non-hydrogen) atoms. The molecule has 5 rings (SSSR count). The number of carbonyl (C=O) groups is 1. The second-order valence-electron chi connectivity index (χ2n) is 9.45. The number of nitrogens with zero attached hydrogens (tertiary/aromatic N) is 6. The Labute approximate surface area is 228 Å². The molecule has 0 aliphatic heterocycles. The van der Waals surface area contributed by atoms with Crippen molar-refractivity contribution in [2.24, 2.45) is 0 Å². The van der Waals surface area contributed by atoms with Crippen LogP contribution < -0.4 is 5.32 Å². The largest absolute Gasteiger partial charge is 0.416 e. The van der Waals surface area contributed by atoms with E-state index in [1.54, 1.807) is 47.4 Å². The summed E-state index contributed by atoms with van der Waals surface area (Å²) >= 11 is 0. The lowest BCUT2D eigenvalue weighted by atomic mass is 10.0. The van der Waals surface area contributed by atoms with Gasteiger partial charge in [-0.2, -0.15) is 18.3 Å². The summed E-state index contributed by atoms with van der Waals surface area (Å²) in [5, 5.41) is 6.84. The van der Waals surface area contributed by atoms with Crippen molar-refractivity contribution < 1.29 is 18.0 Å². The van der Waals surface area contributed by atoms with Gasteiger partial charge in [-0.15, -0.1) is 0 Å². The summed E-state index contributed by atoms with van der Waals surface area (Å²) in [6.07, 6.45) is 1.73. The number of hydrogen-bond donors (Lipinski definition) is 1. The van der Waals surface area contributed by atoms with Crippen molar-refractivity contribution in [1.82, 2.24) is 29.0 Å². The lowest BCUT2D eigenvalue weighted by Gasteiger charge is -2.14. The smallest absolute Gasteiger partial charge is 0.322 e. The van der Waals surface area contributed by atoms with Crippen LogP contribution in [0.25, 0.3) is 11.3 Å². The van der Waals surface area contributed by atoms with Gasteiger partial charge in [-0.1, -0.05) is 12.0 Å². The van der Waals surface area contributed by atoms with Gasteiger partial charge in [0.15, 0.2) is 5.65 Å². The molecule has 3 aromatic heterocycles. The average molecular weight is 544 g/mol. The SMILES string of the molecule is Cc1ccc(C(=O)Nc2cc(-n3cnc(CN(C)C)c3)cc(C(F)(F)F)c2)cc1C#Cc1cnc2cccnn12. The average Bonchev–Trinajstić information content (AvgIpc) is 3.54. The molecule has 0 saturated heterocycles. The molecule has 0 fully saturated rings. The van der Waals surface area contributed by atoms with E-state index in [4.69, 9.17) is 0 Å². The van der Waals surface area contributed by atoms with E-state index in [0.29, 0.717) is 29.1 Å². The first-order chi connectivity index (χ1) is 19.1. The van der Waals surface area contributed by atoms with Gasteiger partial charge >= 0.3 is 6.18 Å². The van der Waals surface area contributed by atoms with Crippen molar-refractivity contribution in [3.05, 3.63) is 107 Å². The molecular formula is C29H24F3N7O. The van der Waals surface area contributed by atoms with Gasteiger partial charge in [-0.3, -0.25) is 4.79 Å². The first-order valence-electron chi connectivity index (χ1n) is 12.2. The standard InChI is InChI=1S/C29H24F3N7O/c1-19-6-7-21(11-20(19)8-9-25-15-33-27-5-4-10-35-39(25)27)28(40)36-23-12-22(29(30,31)32)13-26(14-23)38-17-24(34-18-38)16-37(2)3/h4-7,10-15,17-18H,16H2,1-3H3,(H,36,40). The third-order valence-electron chi connectivity index (χ3n) is 6.02. The molecule has 0 bridgehead atoms. The molecule has 5 aromatic rings. The molecule has 11 heteroatoms. The Morgan fingerprint density at radius 3 is 2.67 bits per heavy atom. The van der Waals surface area contributed by atoms with E-state index in [2.05, 4.69) is 32.2 Å². The Bertz CT molecular complexity index is 1770. The van der Waals surface area contributed by atoms with Gasteiger partial charge in [0.25, 0.3) is 5.91 Å². The van der Waals surface area contributed by atoms with Gasteiger partial charge in [-0.05, 0) is 75.0 Å². The molecular weight excluding hydrogens is 519 g/mol. The maximum atomic E-state index is 13.7. The van der Waals surface area contributed by atoms with Crippen molar-refractivity contribution in [3.63, 3.8) is 0 Å². The minimum atomic E-state index is -4.61. The van der Waals surface area contributed by atoms with E-state index in [0.717, 1.165) is 17.7 Å². The highest BCUT2D eigenvalue weighted by Gasteiger charge is 2.31.